The van der Waals surface area contributed by atoms with Gasteiger partial charge in [0.05, 0.1) is 12.7 Å². The maximum absolute atomic E-state index is 5.68. The van der Waals surface area contributed by atoms with E-state index in [2.05, 4.69) is 12.3 Å². The highest BCUT2D eigenvalue weighted by Gasteiger charge is 2.36. The molecule has 2 heterocycles. The van der Waals surface area contributed by atoms with Crippen molar-refractivity contribution < 1.29 is 9.47 Å². The van der Waals surface area contributed by atoms with E-state index in [0.717, 1.165) is 32.7 Å². The first-order valence-electron chi connectivity index (χ1n) is 5.98. The quantitative estimate of drug-likeness (QED) is 0.535. The first kappa shape index (κ1) is 11.3. The van der Waals surface area contributed by atoms with Crippen LogP contribution in [0.4, 0.5) is 0 Å². The summed E-state index contributed by atoms with van der Waals surface area (Å²) in [5.74, 6) is 6.78. The van der Waals surface area contributed by atoms with Crippen molar-refractivity contribution in [1.29, 1.82) is 0 Å². The van der Waals surface area contributed by atoms with E-state index in [1.165, 1.54) is 6.42 Å². The summed E-state index contributed by atoms with van der Waals surface area (Å²) in [7, 11) is 0. The van der Waals surface area contributed by atoms with Crippen molar-refractivity contribution in [3.05, 3.63) is 0 Å². The maximum Gasteiger partial charge on any atom is 0.0591 e. The van der Waals surface area contributed by atoms with Crippen molar-refractivity contribution in [2.45, 2.75) is 38.3 Å². The van der Waals surface area contributed by atoms with E-state index in [1.807, 2.05) is 0 Å². The number of ether oxygens (including phenoxy) is 2. The third kappa shape index (κ3) is 2.50. The van der Waals surface area contributed by atoms with E-state index in [1.54, 1.807) is 0 Å². The van der Waals surface area contributed by atoms with Crippen LogP contribution in [0.15, 0.2) is 0 Å². The Morgan fingerprint density at radius 3 is 2.73 bits per heavy atom. The Balaban J connectivity index is 1.95. The predicted octanol–water partition coefficient (Wildman–Crippen LogP) is 0.670. The molecule has 0 spiro atoms. The second-order valence-electron chi connectivity index (χ2n) is 4.70. The van der Waals surface area contributed by atoms with Crippen LogP contribution in [0.1, 0.15) is 26.2 Å². The van der Waals surface area contributed by atoms with Crippen LogP contribution in [0.25, 0.3) is 0 Å². The summed E-state index contributed by atoms with van der Waals surface area (Å²) in [6.07, 6.45) is 3.82. The third-order valence-corrected chi connectivity index (χ3v) is 3.79. The van der Waals surface area contributed by atoms with Crippen molar-refractivity contribution in [2.75, 3.05) is 19.8 Å². The summed E-state index contributed by atoms with van der Waals surface area (Å²) >= 11 is 0. The first-order chi connectivity index (χ1) is 7.33. The molecule has 15 heavy (non-hydrogen) atoms. The van der Waals surface area contributed by atoms with Crippen LogP contribution in [0, 0.1) is 11.8 Å². The van der Waals surface area contributed by atoms with E-state index in [9.17, 15) is 0 Å². The van der Waals surface area contributed by atoms with Gasteiger partial charge in [0.15, 0.2) is 0 Å². The Hall–Kier alpha value is -0.160. The Kier molecular flexibility index (Phi) is 3.97. The lowest BCUT2D eigenvalue weighted by molar-refractivity contribution is 0.0171. The van der Waals surface area contributed by atoms with Gasteiger partial charge in [0, 0.05) is 25.2 Å². The van der Waals surface area contributed by atoms with Crippen molar-refractivity contribution in [1.82, 2.24) is 5.43 Å². The van der Waals surface area contributed by atoms with E-state index < -0.39 is 0 Å². The lowest BCUT2D eigenvalue weighted by Gasteiger charge is -2.34. The molecular formula is C11H22N2O2. The fourth-order valence-electron chi connectivity index (χ4n) is 2.88. The molecule has 2 rings (SSSR count). The minimum absolute atomic E-state index is 0.327. The van der Waals surface area contributed by atoms with Gasteiger partial charge in [-0.05, 0) is 32.1 Å². The molecule has 2 saturated heterocycles. The Bertz CT molecular complexity index is 195. The second-order valence-corrected chi connectivity index (χ2v) is 4.70. The zero-order valence-corrected chi connectivity index (χ0v) is 9.45. The van der Waals surface area contributed by atoms with Gasteiger partial charge in [-0.3, -0.25) is 11.3 Å². The van der Waals surface area contributed by atoms with Crippen LogP contribution >= 0.6 is 0 Å². The van der Waals surface area contributed by atoms with E-state index >= 15 is 0 Å². The molecule has 0 aromatic heterocycles. The fraction of sp³-hybridized carbons (Fsp3) is 1.00. The van der Waals surface area contributed by atoms with Gasteiger partial charge in [0.25, 0.3) is 0 Å². The minimum Gasteiger partial charge on any atom is -0.381 e. The molecule has 0 aromatic carbocycles. The molecule has 0 amide bonds. The largest absolute Gasteiger partial charge is 0.381 e. The van der Waals surface area contributed by atoms with Gasteiger partial charge < -0.3 is 9.47 Å². The van der Waals surface area contributed by atoms with Gasteiger partial charge in [0.1, 0.15) is 0 Å². The van der Waals surface area contributed by atoms with Gasteiger partial charge in [-0.25, -0.2) is 0 Å². The fourth-order valence-corrected chi connectivity index (χ4v) is 2.88. The number of hydrogen-bond donors (Lipinski definition) is 2. The minimum atomic E-state index is 0.327. The summed E-state index contributed by atoms with van der Waals surface area (Å²) in [5, 5.41) is 0. The number of nitrogens with one attached hydrogen (secondary N) is 1. The van der Waals surface area contributed by atoms with Crippen LogP contribution in [-0.4, -0.2) is 32.0 Å². The van der Waals surface area contributed by atoms with Crippen LogP contribution in [0.3, 0.4) is 0 Å². The predicted molar refractivity (Wildman–Crippen MR) is 58.2 cm³/mol. The van der Waals surface area contributed by atoms with Crippen molar-refractivity contribution >= 4 is 0 Å². The van der Waals surface area contributed by atoms with Crippen LogP contribution in [0.5, 0.6) is 0 Å². The summed E-state index contributed by atoms with van der Waals surface area (Å²) in [5.41, 5.74) is 2.98. The third-order valence-electron chi connectivity index (χ3n) is 3.79. The zero-order chi connectivity index (χ0) is 10.7. The zero-order valence-electron chi connectivity index (χ0n) is 9.45. The molecule has 0 radical (unpaired) electrons. The van der Waals surface area contributed by atoms with Crippen LogP contribution in [-0.2, 0) is 9.47 Å². The molecule has 0 aromatic rings. The van der Waals surface area contributed by atoms with Crippen LogP contribution < -0.4 is 11.3 Å². The van der Waals surface area contributed by atoms with Gasteiger partial charge >= 0.3 is 0 Å². The average Bonchev–Trinajstić information content (AvgIpc) is 2.68. The highest BCUT2D eigenvalue weighted by molar-refractivity contribution is 4.88. The molecule has 4 heteroatoms. The highest BCUT2D eigenvalue weighted by Crippen LogP contribution is 2.30. The monoisotopic (exact) mass is 214 g/mol. The van der Waals surface area contributed by atoms with Crippen molar-refractivity contribution in [3.8, 4) is 0 Å². The smallest absolute Gasteiger partial charge is 0.0591 e. The Labute approximate surface area is 91.5 Å². The van der Waals surface area contributed by atoms with Crippen LogP contribution in [0.2, 0.25) is 0 Å². The summed E-state index contributed by atoms with van der Waals surface area (Å²) in [6, 6.07) is 0.350. The molecule has 4 unspecified atom stereocenters. The number of rotatable bonds is 3. The normalized spacial score (nSPS) is 39.2. The van der Waals surface area contributed by atoms with Crippen molar-refractivity contribution in [3.63, 3.8) is 0 Å². The number of hydrazine groups is 1. The van der Waals surface area contributed by atoms with Gasteiger partial charge in [-0.1, -0.05) is 0 Å². The second kappa shape index (κ2) is 5.25. The molecule has 2 aliphatic rings. The van der Waals surface area contributed by atoms with Gasteiger partial charge in [-0.2, -0.15) is 0 Å². The maximum atomic E-state index is 5.68. The first-order valence-corrected chi connectivity index (χ1v) is 5.98. The van der Waals surface area contributed by atoms with Gasteiger partial charge in [0.2, 0.25) is 0 Å². The van der Waals surface area contributed by atoms with Crippen molar-refractivity contribution in [2.24, 2.45) is 17.7 Å². The summed E-state index contributed by atoms with van der Waals surface area (Å²) in [6.45, 7) is 4.77. The van der Waals surface area contributed by atoms with E-state index in [0.29, 0.717) is 24.0 Å². The Morgan fingerprint density at radius 2 is 2.20 bits per heavy atom. The average molecular weight is 214 g/mol. The molecule has 3 N–H and O–H groups in total. The molecule has 0 bridgehead atoms. The summed E-state index contributed by atoms with van der Waals surface area (Å²) < 4.78 is 11.1. The molecule has 0 saturated carbocycles. The standard InChI is InChI=1S/C11H22N2O2/c1-8-10(4-6-15-8)11(13-12)9-3-2-5-14-7-9/h8-11,13H,2-7,12H2,1H3. The van der Waals surface area contributed by atoms with E-state index in [4.69, 9.17) is 15.3 Å². The molecule has 4 atom stereocenters. The van der Waals surface area contributed by atoms with Gasteiger partial charge in [-0.15, -0.1) is 0 Å². The highest BCUT2D eigenvalue weighted by atomic mass is 16.5. The molecule has 0 aliphatic carbocycles. The molecule has 2 fully saturated rings. The number of hydrogen-bond acceptors (Lipinski definition) is 4. The topological polar surface area (TPSA) is 56.5 Å². The molecule has 2 aliphatic heterocycles. The molecular weight excluding hydrogens is 192 g/mol. The molecule has 4 nitrogen and oxygen atoms in total. The SMILES string of the molecule is CC1OCCC1C(NN)C1CCCOC1. The lowest BCUT2D eigenvalue weighted by Crippen LogP contribution is -2.50. The summed E-state index contributed by atoms with van der Waals surface area (Å²) in [4.78, 5) is 0. The molecule has 88 valence electrons. The number of nitrogens with two attached hydrogens (primary N) is 1. The van der Waals surface area contributed by atoms with E-state index in [-0.39, 0.29) is 0 Å². The lowest BCUT2D eigenvalue weighted by atomic mass is 9.82. The Morgan fingerprint density at radius 1 is 1.33 bits per heavy atom.